The van der Waals surface area contributed by atoms with Crippen LogP contribution >= 0.6 is 0 Å². The van der Waals surface area contributed by atoms with Gasteiger partial charge in [0.05, 0.1) is 25.4 Å². The maximum atomic E-state index is 12.4. The van der Waals surface area contributed by atoms with Crippen LogP contribution in [0.2, 0.25) is 0 Å². The molecular weight excluding hydrogens is 344 g/mol. The summed E-state index contributed by atoms with van der Waals surface area (Å²) in [6.45, 7) is 2.24. The summed E-state index contributed by atoms with van der Waals surface area (Å²) in [4.78, 5) is 18.2. The molecule has 0 bridgehead atoms. The minimum absolute atomic E-state index is 0.135. The zero-order chi connectivity index (χ0) is 19.2. The van der Waals surface area contributed by atoms with E-state index in [0.717, 1.165) is 17.0 Å². The summed E-state index contributed by atoms with van der Waals surface area (Å²) in [7, 11) is 3.33. The second-order valence-corrected chi connectivity index (χ2v) is 6.19. The van der Waals surface area contributed by atoms with Crippen molar-refractivity contribution in [2.75, 3.05) is 14.2 Å². The highest BCUT2D eigenvalue weighted by Gasteiger charge is 2.16. The molecule has 140 valence electrons. The van der Waals surface area contributed by atoms with Crippen molar-refractivity contribution in [2.45, 2.75) is 19.5 Å². The average molecular weight is 366 g/mol. The number of nitrogens with one attached hydrogen (secondary N) is 1. The molecule has 0 unspecified atom stereocenters. The predicted octanol–water partition coefficient (Wildman–Crippen LogP) is 3.65. The van der Waals surface area contributed by atoms with E-state index in [9.17, 15) is 4.79 Å². The largest absolute Gasteiger partial charge is 0.497 e. The normalized spacial score (nSPS) is 11.7. The molecule has 27 heavy (non-hydrogen) atoms. The number of nitrogens with zero attached hydrogens (tertiary/aromatic N) is 3. The maximum absolute atomic E-state index is 12.4. The fraction of sp³-hybridized carbons (Fsp3) is 0.250. The molecule has 0 spiro atoms. The lowest BCUT2D eigenvalue weighted by Crippen LogP contribution is -2.38. The molecule has 1 aromatic carbocycles. The number of carbonyl (C=O) groups is 1. The first-order chi connectivity index (χ1) is 13.1. The standard InChI is InChI=1S/C20H22N4O3/c1-14(15-7-9-16(26-3)10-8-15)22-20(25)24(2)13-17-12-19(23-27-17)18-6-4-5-11-21-18/h4-12,14H,13H2,1-3H3,(H,22,25)/t14-/m1/s1. The van der Waals surface area contributed by atoms with Gasteiger partial charge in [-0.25, -0.2) is 4.79 Å². The lowest BCUT2D eigenvalue weighted by molar-refractivity contribution is 0.197. The van der Waals surface area contributed by atoms with E-state index < -0.39 is 0 Å². The van der Waals surface area contributed by atoms with Crippen LogP contribution in [0, 0.1) is 0 Å². The maximum Gasteiger partial charge on any atom is 0.318 e. The number of hydrogen-bond donors (Lipinski definition) is 1. The molecule has 7 heteroatoms. The van der Waals surface area contributed by atoms with Crippen LogP contribution in [0.3, 0.4) is 0 Å². The van der Waals surface area contributed by atoms with Crippen LogP contribution in [0.4, 0.5) is 4.79 Å². The molecular formula is C20H22N4O3. The summed E-state index contributed by atoms with van der Waals surface area (Å²) in [6.07, 6.45) is 1.70. The molecule has 3 rings (SSSR count). The second kappa shape index (κ2) is 8.35. The van der Waals surface area contributed by atoms with E-state index in [2.05, 4.69) is 15.5 Å². The summed E-state index contributed by atoms with van der Waals surface area (Å²) in [5, 5.41) is 6.98. The summed E-state index contributed by atoms with van der Waals surface area (Å²) in [6, 6.07) is 14.6. The van der Waals surface area contributed by atoms with Gasteiger partial charge in [0.25, 0.3) is 0 Å². The van der Waals surface area contributed by atoms with Gasteiger partial charge < -0.3 is 19.5 Å². The molecule has 1 N–H and O–H groups in total. The first-order valence-corrected chi connectivity index (χ1v) is 8.59. The highest BCUT2D eigenvalue weighted by atomic mass is 16.5. The van der Waals surface area contributed by atoms with Crippen molar-refractivity contribution in [1.29, 1.82) is 0 Å². The third kappa shape index (κ3) is 4.63. The predicted molar refractivity (Wildman–Crippen MR) is 101 cm³/mol. The van der Waals surface area contributed by atoms with Crippen LogP contribution in [-0.2, 0) is 6.54 Å². The number of pyridine rings is 1. The van der Waals surface area contributed by atoms with Crippen molar-refractivity contribution in [3.63, 3.8) is 0 Å². The van der Waals surface area contributed by atoms with Crippen LogP contribution in [0.1, 0.15) is 24.3 Å². The van der Waals surface area contributed by atoms with E-state index in [1.807, 2.05) is 49.4 Å². The number of methoxy groups -OCH3 is 1. The van der Waals surface area contributed by atoms with Crippen LogP contribution in [0.25, 0.3) is 11.4 Å². The number of amides is 2. The lowest BCUT2D eigenvalue weighted by atomic mass is 10.1. The van der Waals surface area contributed by atoms with Crippen molar-refractivity contribution in [2.24, 2.45) is 0 Å². The van der Waals surface area contributed by atoms with E-state index >= 15 is 0 Å². The number of ether oxygens (including phenoxy) is 1. The molecule has 2 aromatic heterocycles. The molecule has 0 aliphatic rings. The van der Waals surface area contributed by atoms with Crippen molar-refractivity contribution in [3.8, 4) is 17.1 Å². The summed E-state index contributed by atoms with van der Waals surface area (Å²) in [5.74, 6) is 1.37. The highest BCUT2D eigenvalue weighted by Crippen LogP contribution is 2.19. The number of carbonyl (C=O) groups excluding carboxylic acids is 1. The van der Waals surface area contributed by atoms with Gasteiger partial charge in [-0.1, -0.05) is 23.4 Å². The SMILES string of the molecule is COc1ccc([C@@H](C)NC(=O)N(C)Cc2cc(-c3ccccn3)no2)cc1. The lowest BCUT2D eigenvalue weighted by Gasteiger charge is -2.20. The Morgan fingerprint density at radius 1 is 1.22 bits per heavy atom. The molecule has 7 nitrogen and oxygen atoms in total. The number of aromatic nitrogens is 2. The Morgan fingerprint density at radius 3 is 2.67 bits per heavy atom. The fourth-order valence-corrected chi connectivity index (χ4v) is 2.60. The Hall–Kier alpha value is -3.35. The molecule has 2 heterocycles. The first kappa shape index (κ1) is 18.4. The summed E-state index contributed by atoms with van der Waals surface area (Å²) >= 11 is 0. The molecule has 0 radical (unpaired) electrons. The molecule has 0 aliphatic heterocycles. The Balaban J connectivity index is 1.58. The van der Waals surface area contributed by atoms with E-state index in [4.69, 9.17) is 9.26 Å². The van der Waals surface area contributed by atoms with Gasteiger partial charge in [-0.15, -0.1) is 0 Å². The highest BCUT2D eigenvalue weighted by molar-refractivity contribution is 5.74. The molecule has 1 atom stereocenters. The second-order valence-electron chi connectivity index (χ2n) is 6.19. The van der Waals surface area contributed by atoms with E-state index in [1.54, 1.807) is 31.3 Å². The van der Waals surface area contributed by atoms with E-state index in [1.165, 1.54) is 0 Å². The van der Waals surface area contributed by atoms with Crippen molar-refractivity contribution < 1.29 is 14.1 Å². The number of hydrogen-bond acceptors (Lipinski definition) is 5. The minimum Gasteiger partial charge on any atom is -0.497 e. The van der Waals surface area contributed by atoms with Crippen LogP contribution < -0.4 is 10.1 Å². The number of rotatable bonds is 6. The topological polar surface area (TPSA) is 80.5 Å². The third-order valence-electron chi connectivity index (χ3n) is 4.18. The number of benzene rings is 1. The molecule has 0 aliphatic carbocycles. The average Bonchev–Trinajstić information content (AvgIpc) is 3.17. The zero-order valence-electron chi connectivity index (χ0n) is 15.5. The van der Waals surface area contributed by atoms with Gasteiger partial charge in [-0.3, -0.25) is 4.98 Å². The third-order valence-corrected chi connectivity index (χ3v) is 4.18. The Labute approximate surface area is 158 Å². The van der Waals surface area contributed by atoms with Gasteiger partial charge >= 0.3 is 6.03 Å². The van der Waals surface area contributed by atoms with Crippen LogP contribution in [0.15, 0.2) is 59.3 Å². The quantitative estimate of drug-likeness (QED) is 0.720. The van der Waals surface area contributed by atoms with E-state index in [0.29, 0.717) is 18.0 Å². The summed E-state index contributed by atoms with van der Waals surface area (Å²) < 4.78 is 10.5. The Morgan fingerprint density at radius 2 is 2.00 bits per heavy atom. The van der Waals surface area contributed by atoms with Gasteiger partial charge in [0.2, 0.25) is 0 Å². The van der Waals surface area contributed by atoms with Crippen molar-refractivity contribution in [1.82, 2.24) is 20.4 Å². The van der Waals surface area contributed by atoms with Gasteiger partial charge in [0.15, 0.2) is 5.76 Å². The Kier molecular flexibility index (Phi) is 5.71. The molecule has 0 fully saturated rings. The first-order valence-electron chi connectivity index (χ1n) is 8.59. The van der Waals surface area contributed by atoms with Crippen LogP contribution in [0.5, 0.6) is 5.75 Å². The van der Waals surface area contributed by atoms with Gasteiger partial charge in [0, 0.05) is 19.3 Å². The zero-order valence-corrected chi connectivity index (χ0v) is 15.5. The van der Waals surface area contributed by atoms with Gasteiger partial charge in [-0.05, 0) is 36.8 Å². The van der Waals surface area contributed by atoms with Crippen molar-refractivity contribution in [3.05, 3.63) is 66.1 Å². The molecule has 3 aromatic rings. The Bertz CT molecular complexity index is 878. The molecule has 0 saturated heterocycles. The van der Waals surface area contributed by atoms with Crippen molar-refractivity contribution >= 4 is 6.03 Å². The summed E-state index contributed by atoms with van der Waals surface area (Å²) in [5.41, 5.74) is 2.37. The van der Waals surface area contributed by atoms with Crippen LogP contribution in [-0.4, -0.2) is 35.2 Å². The smallest absolute Gasteiger partial charge is 0.318 e. The molecule has 2 amide bonds. The molecule has 0 saturated carbocycles. The van der Waals surface area contributed by atoms with E-state index in [-0.39, 0.29) is 12.1 Å². The minimum atomic E-state index is -0.200. The van der Waals surface area contributed by atoms with Gasteiger partial charge in [-0.2, -0.15) is 0 Å². The van der Waals surface area contributed by atoms with Gasteiger partial charge in [0.1, 0.15) is 11.4 Å². The fourth-order valence-electron chi connectivity index (χ4n) is 2.60. The monoisotopic (exact) mass is 366 g/mol. The number of urea groups is 1.